The van der Waals surface area contributed by atoms with Crippen LogP contribution in [-0.4, -0.2) is 69.0 Å². The van der Waals surface area contributed by atoms with Crippen molar-refractivity contribution >= 4 is 14.5 Å². The minimum Gasteiger partial charge on any atom is -0.394 e. The van der Waals surface area contributed by atoms with Gasteiger partial charge in [0, 0.05) is 0 Å². The predicted molar refractivity (Wildman–Crippen MR) is 80.1 cm³/mol. The molecule has 1 rings (SSSR count). The van der Waals surface area contributed by atoms with E-state index in [-0.39, 0.29) is 24.9 Å². The first-order chi connectivity index (χ1) is 9.49. The van der Waals surface area contributed by atoms with Gasteiger partial charge in [0.15, 0.2) is 0 Å². The molecule has 1 aliphatic carbocycles. The molecule has 118 valence electrons. The molecule has 1 fully saturated rings. The SMILES string of the molecule is C=PCC[C@H](O)CC[C@@H]1[C@@H](CC(O)CO)[C@@H](O)C[C@H]1O. The van der Waals surface area contributed by atoms with Crippen molar-refractivity contribution in [3.63, 3.8) is 0 Å². The molecule has 0 heterocycles. The Morgan fingerprint density at radius 3 is 2.30 bits per heavy atom. The zero-order chi connectivity index (χ0) is 15.1. The molecule has 1 aliphatic rings. The Morgan fingerprint density at radius 2 is 1.70 bits per heavy atom. The number of aliphatic hydroxyl groups is 5. The minimum atomic E-state index is -0.864. The van der Waals surface area contributed by atoms with E-state index in [2.05, 4.69) is 6.30 Å². The summed E-state index contributed by atoms with van der Waals surface area (Å²) in [5.74, 6) is -0.344. The van der Waals surface area contributed by atoms with E-state index in [1.165, 1.54) is 0 Å². The van der Waals surface area contributed by atoms with Crippen LogP contribution in [0.2, 0.25) is 0 Å². The highest BCUT2D eigenvalue weighted by molar-refractivity contribution is 7.36. The molecule has 0 aromatic carbocycles. The molecule has 0 radical (unpaired) electrons. The Morgan fingerprint density at radius 1 is 1.05 bits per heavy atom. The fourth-order valence-corrected chi connectivity index (χ4v) is 3.54. The fourth-order valence-electron chi connectivity index (χ4n) is 3.06. The van der Waals surface area contributed by atoms with Gasteiger partial charge in [-0.1, -0.05) is 6.30 Å². The van der Waals surface area contributed by atoms with Gasteiger partial charge in [0.2, 0.25) is 0 Å². The van der Waals surface area contributed by atoms with Gasteiger partial charge < -0.3 is 25.5 Å². The van der Waals surface area contributed by atoms with E-state index in [0.717, 1.165) is 14.4 Å². The molecule has 6 atom stereocenters. The maximum Gasteiger partial charge on any atom is 0.0774 e. The third-order valence-electron chi connectivity index (χ3n) is 4.23. The van der Waals surface area contributed by atoms with Crippen LogP contribution in [0, 0.1) is 11.8 Å². The van der Waals surface area contributed by atoms with Gasteiger partial charge in [0.1, 0.15) is 0 Å². The van der Waals surface area contributed by atoms with Crippen LogP contribution in [0.3, 0.4) is 0 Å². The molecule has 1 saturated carbocycles. The summed E-state index contributed by atoms with van der Waals surface area (Å²) < 4.78 is 0. The Kier molecular flexibility index (Phi) is 8.18. The van der Waals surface area contributed by atoms with Gasteiger partial charge in [-0.25, -0.2) is 0 Å². The van der Waals surface area contributed by atoms with E-state index in [4.69, 9.17) is 5.11 Å². The average Bonchev–Trinajstić information content (AvgIpc) is 2.68. The second-order valence-electron chi connectivity index (χ2n) is 5.74. The molecule has 0 saturated heterocycles. The number of hydrogen-bond acceptors (Lipinski definition) is 5. The van der Waals surface area contributed by atoms with Crippen LogP contribution >= 0.6 is 8.20 Å². The molecule has 20 heavy (non-hydrogen) atoms. The van der Waals surface area contributed by atoms with Crippen molar-refractivity contribution in [3.05, 3.63) is 0 Å². The van der Waals surface area contributed by atoms with Gasteiger partial charge in [0.05, 0.1) is 31.0 Å². The van der Waals surface area contributed by atoms with E-state index < -0.39 is 24.4 Å². The van der Waals surface area contributed by atoms with Crippen molar-refractivity contribution in [1.82, 2.24) is 0 Å². The van der Waals surface area contributed by atoms with E-state index in [0.29, 0.717) is 25.7 Å². The highest BCUT2D eigenvalue weighted by atomic mass is 31.1. The van der Waals surface area contributed by atoms with Crippen molar-refractivity contribution in [2.45, 2.75) is 56.5 Å². The predicted octanol–water partition coefficient (Wildman–Crippen LogP) is -0.00300. The molecule has 0 spiro atoms. The van der Waals surface area contributed by atoms with Crippen molar-refractivity contribution < 1.29 is 25.5 Å². The summed E-state index contributed by atoms with van der Waals surface area (Å²) in [5.41, 5.74) is 0. The largest absolute Gasteiger partial charge is 0.394 e. The second kappa shape index (κ2) is 9.08. The topological polar surface area (TPSA) is 101 Å². The number of hydrogen-bond donors (Lipinski definition) is 5. The van der Waals surface area contributed by atoms with Gasteiger partial charge in [-0.15, -0.1) is 8.20 Å². The zero-order valence-corrected chi connectivity index (χ0v) is 12.7. The lowest BCUT2D eigenvalue weighted by Gasteiger charge is -2.26. The first-order valence-corrected chi connectivity index (χ1v) is 8.51. The summed E-state index contributed by atoms with van der Waals surface area (Å²) in [6.07, 6.45) is 4.53. The standard InChI is InChI=1S/C14H27O5P/c1-20-5-4-9(16)2-3-11-12(6-10(17)8-15)14(19)7-13(11)18/h9-19H,1-8H2/t9-,10?,11-,12-,13-,14+/m1/s1. The maximum absolute atomic E-state index is 10.0. The van der Waals surface area contributed by atoms with E-state index in [9.17, 15) is 20.4 Å². The van der Waals surface area contributed by atoms with Crippen molar-refractivity contribution in [2.75, 3.05) is 12.8 Å². The smallest absolute Gasteiger partial charge is 0.0774 e. The first kappa shape index (κ1) is 18.0. The van der Waals surface area contributed by atoms with Crippen LogP contribution in [0.15, 0.2) is 0 Å². The van der Waals surface area contributed by atoms with Gasteiger partial charge in [-0.3, -0.25) is 0 Å². The number of rotatable bonds is 9. The van der Waals surface area contributed by atoms with E-state index in [1.807, 2.05) is 0 Å². The van der Waals surface area contributed by atoms with Crippen LogP contribution in [0.25, 0.3) is 0 Å². The zero-order valence-electron chi connectivity index (χ0n) is 11.8. The molecule has 0 aliphatic heterocycles. The fraction of sp³-hybridized carbons (Fsp3) is 0.929. The Hall–Kier alpha value is -0.0300. The summed E-state index contributed by atoms with van der Waals surface area (Å²) in [5, 5.41) is 48.2. The van der Waals surface area contributed by atoms with Gasteiger partial charge in [-0.2, -0.15) is 0 Å². The third kappa shape index (κ3) is 5.40. The lowest BCUT2D eigenvalue weighted by atomic mass is 9.84. The van der Waals surface area contributed by atoms with Crippen LogP contribution in [0.1, 0.15) is 32.1 Å². The molecular formula is C14H27O5P. The molecule has 0 amide bonds. The highest BCUT2D eigenvalue weighted by Crippen LogP contribution is 2.38. The summed E-state index contributed by atoms with van der Waals surface area (Å²) in [4.78, 5) is 0. The van der Waals surface area contributed by atoms with Crippen LogP contribution in [-0.2, 0) is 0 Å². The minimum absolute atomic E-state index is 0.127. The normalized spacial score (nSPS) is 33.5. The van der Waals surface area contributed by atoms with E-state index >= 15 is 0 Å². The summed E-state index contributed by atoms with van der Waals surface area (Å²) >= 11 is 0. The van der Waals surface area contributed by atoms with Gasteiger partial charge in [0.25, 0.3) is 0 Å². The van der Waals surface area contributed by atoms with Crippen molar-refractivity contribution in [3.8, 4) is 0 Å². The average molecular weight is 306 g/mol. The van der Waals surface area contributed by atoms with E-state index in [1.54, 1.807) is 0 Å². The Bertz CT molecular complexity index is 289. The van der Waals surface area contributed by atoms with Crippen molar-refractivity contribution in [1.29, 1.82) is 0 Å². The van der Waals surface area contributed by atoms with Crippen LogP contribution < -0.4 is 0 Å². The molecule has 6 heteroatoms. The molecule has 0 bridgehead atoms. The second-order valence-corrected chi connectivity index (χ2v) is 6.63. The number of aliphatic hydroxyl groups excluding tert-OH is 5. The molecule has 5 N–H and O–H groups in total. The summed E-state index contributed by atoms with van der Waals surface area (Å²) in [6, 6.07) is 0. The lowest BCUT2D eigenvalue weighted by molar-refractivity contribution is 0.0265. The lowest BCUT2D eigenvalue weighted by Crippen LogP contribution is -2.29. The summed E-state index contributed by atoms with van der Waals surface area (Å²) in [6.45, 7) is -0.336. The molecular weight excluding hydrogens is 279 g/mol. The first-order valence-electron chi connectivity index (χ1n) is 7.25. The Balaban J connectivity index is 2.48. The quantitative estimate of drug-likeness (QED) is 0.386. The Labute approximate surface area is 122 Å². The molecule has 0 aromatic rings. The molecule has 0 aromatic heterocycles. The van der Waals surface area contributed by atoms with Crippen molar-refractivity contribution in [2.24, 2.45) is 11.8 Å². The third-order valence-corrected chi connectivity index (χ3v) is 4.80. The summed E-state index contributed by atoms with van der Waals surface area (Å²) in [7, 11) is 1.01. The van der Waals surface area contributed by atoms with Crippen LogP contribution in [0.5, 0.6) is 0 Å². The molecule has 1 unspecified atom stereocenters. The highest BCUT2D eigenvalue weighted by Gasteiger charge is 2.42. The van der Waals surface area contributed by atoms with Crippen LogP contribution in [0.4, 0.5) is 0 Å². The monoisotopic (exact) mass is 306 g/mol. The molecule has 5 nitrogen and oxygen atoms in total. The van der Waals surface area contributed by atoms with Gasteiger partial charge in [-0.05, 0) is 50.1 Å². The van der Waals surface area contributed by atoms with Gasteiger partial charge >= 0.3 is 0 Å². The maximum atomic E-state index is 10.0.